The maximum absolute atomic E-state index is 12.9. The second-order valence-electron chi connectivity index (χ2n) is 24.2. The number of ether oxygens (including phenoxy) is 3. The van der Waals surface area contributed by atoms with Crippen LogP contribution in [-0.2, 0) is 28.6 Å². The van der Waals surface area contributed by atoms with E-state index in [4.69, 9.17) is 14.2 Å². The van der Waals surface area contributed by atoms with Crippen molar-refractivity contribution in [1.29, 1.82) is 0 Å². The highest BCUT2D eigenvalue weighted by Crippen LogP contribution is 2.19. The van der Waals surface area contributed by atoms with Crippen LogP contribution in [0, 0.1) is 0 Å². The number of esters is 3. The van der Waals surface area contributed by atoms with Crippen molar-refractivity contribution in [2.45, 2.75) is 399 Å². The molecule has 0 saturated heterocycles. The highest BCUT2D eigenvalue weighted by atomic mass is 16.6. The Morgan fingerprint density at radius 3 is 0.709 bits per heavy atom. The zero-order chi connectivity index (χ0) is 57.1. The van der Waals surface area contributed by atoms with Gasteiger partial charge in [0.2, 0.25) is 0 Å². The summed E-state index contributed by atoms with van der Waals surface area (Å²) in [5.74, 6) is -0.848. The van der Waals surface area contributed by atoms with Gasteiger partial charge in [0, 0.05) is 19.3 Å². The lowest BCUT2D eigenvalue weighted by Gasteiger charge is -2.18. The van der Waals surface area contributed by atoms with Crippen LogP contribution >= 0.6 is 0 Å². The average molecular weight is 1110 g/mol. The molecule has 0 aromatic heterocycles. The topological polar surface area (TPSA) is 78.9 Å². The van der Waals surface area contributed by atoms with Crippen molar-refractivity contribution < 1.29 is 28.6 Å². The molecule has 1 unspecified atom stereocenters. The van der Waals surface area contributed by atoms with Gasteiger partial charge in [-0.25, -0.2) is 0 Å². The molecule has 464 valence electrons. The van der Waals surface area contributed by atoms with Crippen molar-refractivity contribution in [3.05, 3.63) is 36.5 Å². The molecular formula is C73H136O6. The van der Waals surface area contributed by atoms with Crippen molar-refractivity contribution in [3.63, 3.8) is 0 Å². The van der Waals surface area contributed by atoms with Crippen LogP contribution in [-0.4, -0.2) is 37.2 Å². The minimum Gasteiger partial charge on any atom is -0.462 e. The van der Waals surface area contributed by atoms with Gasteiger partial charge < -0.3 is 14.2 Å². The Labute approximate surface area is 493 Å². The molecule has 6 nitrogen and oxygen atoms in total. The van der Waals surface area contributed by atoms with Crippen molar-refractivity contribution >= 4 is 17.9 Å². The van der Waals surface area contributed by atoms with Crippen molar-refractivity contribution in [1.82, 2.24) is 0 Å². The van der Waals surface area contributed by atoms with E-state index in [1.54, 1.807) is 0 Å². The van der Waals surface area contributed by atoms with Crippen LogP contribution < -0.4 is 0 Å². The fourth-order valence-electron chi connectivity index (χ4n) is 10.8. The van der Waals surface area contributed by atoms with E-state index in [-0.39, 0.29) is 31.1 Å². The van der Waals surface area contributed by atoms with E-state index in [9.17, 15) is 14.4 Å². The van der Waals surface area contributed by atoms with Gasteiger partial charge >= 0.3 is 17.9 Å². The molecule has 0 radical (unpaired) electrons. The predicted molar refractivity (Wildman–Crippen MR) is 344 cm³/mol. The number of carbonyl (C=O) groups is 3. The van der Waals surface area contributed by atoms with Gasteiger partial charge in [0.25, 0.3) is 0 Å². The summed E-state index contributed by atoms with van der Waals surface area (Å²) >= 11 is 0. The SMILES string of the molecule is CCCCCCC/C=C\C/C=C\C/C=C\CCCCCCCCCCCCC(=O)OC(COC(=O)CCCCCCCCCCC)COC(=O)CCCCCCCCCCCCCCCCCCCCCCCCCCCCC. The van der Waals surface area contributed by atoms with E-state index in [1.165, 1.54) is 283 Å². The van der Waals surface area contributed by atoms with Gasteiger partial charge in [0.05, 0.1) is 0 Å². The van der Waals surface area contributed by atoms with Gasteiger partial charge in [-0.3, -0.25) is 14.4 Å². The standard InChI is InChI=1S/C73H136O6/c1-4-7-10-13-16-19-21-23-25-27-29-31-33-35-36-38-39-41-43-45-47-49-51-54-57-60-63-66-72(75)78-69-70(68-77-71(74)65-62-59-56-53-18-15-12-9-6-3)79-73(76)67-64-61-58-55-52-50-48-46-44-42-40-37-34-32-30-28-26-24-22-20-17-14-11-8-5-2/h22,24,28,30,34,37,70H,4-21,23,25-27,29,31-33,35-36,38-69H2,1-3H3/b24-22-,30-28-,37-34-. The molecule has 0 bridgehead atoms. The number of carbonyl (C=O) groups excluding carboxylic acids is 3. The molecule has 1 atom stereocenters. The molecule has 0 fully saturated rings. The van der Waals surface area contributed by atoms with E-state index in [0.29, 0.717) is 19.3 Å². The Kier molecular flexibility index (Phi) is 66.1. The maximum Gasteiger partial charge on any atom is 0.306 e. The van der Waals surface area contributed by atoms with Crippen LogP contribution in [0.15, 0.2) is 36.5 Å². The summed E-state index contributed by atoms with van der Waals surface area (Å²) in [6, 6.07) is 0. The van der Waals surface area contributed by atoms with E-state index >= 15 is 0 Å². The van der Waals surface area contributed by atoms with Crippen LogP contribution in [0.1, 0.15) is 393 Å². The number of allylic oxidation sites excluding steroid dienone is 6. The summed E-state index contributed by atoms with van der Waals surface area (Å²) in [6.45, 7) is 6.68. The van der Waals surface area contributed by atoms with Crippen LogP contribution in [0.4, 0.5) is 0 Å². The summed E-state index contributed by atoms with van der Waals surface area (Å²) in [4.78, 5) is 38.3. The molecule has 6 heteroatoms. The molecule has 0 N–H and O–H groups in total. The highest BCUT2D eigenvalue weighted by molar-refractivity contribution is 5.71. The molecule has 0 rings (SSSR count). The lowest BCUT2D eigenvalue weighted by atomic mass is 10.0. The summed E-state index contributed by atoms with van der Waals surface area (Å²) in [5, 5.41) is 0. The van der Waals surface area contributed by atoms with Crippen LogP contribution in [0.2, 0.25) is 0 Å². The molecule has 0 aliphatic carbocycles. The largest absolute Gasteiger partial charge is 0.462 e. The molecular weight excluding hydrogens is 973 g/mol. The van der Waals surface area contributed by atoms with Gasteiger partial charge in [-0.2, -0.15) is 0 Å². The molecule has 0 spiro atoms. The predicted octanol–water partition coefficient (Wildman–Crippen LogP) is 24.3. The molecule has 0 amide bonds. The summed E-state index contributed by atoms with van der Waals surface area (Å²) in [7, 11) is 0. The Hall–Kier alpha value is -2.37. The number of unbranched alkanes of at least 4 members (excludes halogenated alkanes) is 49. The maximum atomic E-state index is 12.9. The van der Waals surface area contributed by atoms with Crippen LogP contribution in [0.25, 0.3) is 0 Å². The number of hydrogen-bond donors (Lipinski definition) is 0. The van der Waals surface area contributed by atoms with Gasteiger partial charge in [-0.05, 0) is 57.8 Å². The van der Waals surface area contributed by atoms with E-state index < -0.39 is 6.10 Å². The van der Waals surface area contributed by atoms with E-state index in [1.807, 2.05) is 0 Å². The second-order valence-corrected chi connectivity index (χ2v) is 24.2. The van der Waals surface area contributed by atoms with E-state index in [2.05, 4.69) is 57.2 Å². The van der Waals surface area contributed by atoms with Crippen LogP contribution in [0.5, 0.6) is 0 Å². The minimum absolute atomic E-state index is 0.0681. The quantitative estimate of drug-likeness (QED) is 0.0261. The van der Waals surface area contributed by atoms with Gasteiger partial charge in [-0.15, -0.1) is 0 Å². The first-order chi connectivity index (χ1) is 39.0. The van der Waals surface area contributed by atoms with Crippen molar-refractivity contribution in [2.24, 2.45) is 0 Å². The van der Waals surface area contributed by atoms with Crippen LogP contribution in [0.3, 0.4) is 0 Å². The zero-order valence-corrected chi connectivity index (χ0v) is 53.4. The lowest BCUT2D eigenvalue weighted by molar-refractivity contribution is -0.167. The third kappa shape index (κ3) is 66.3. The minimum atomic E-state index is -0.771. The molecule has 79 heavy (non-hydrogen) atoms. The molecule has 0 aromatic rings. The first-order valence-electron chi connectivity index (χ1n) is 35.5. The lowest BCUT2D eigenvalue weighted by Crippen LogP contribution is -2.30. The third-order valence-electron chi connectivity index (χ3n) is 16.1. The summed E-state index contributed by atoms with van der Waals surface area (Å²) in [5.41, 5.74) is 0. The molecule has 0 saturated carbocycles. The smallest absolute Gasteiger partial charge is 0.306 e. The Morgan fingerprint density at radius 2 is 0.456 bits per heavy atom. The zero-order valence-electron chi connectivity index (χ0n) is 53.4. The monoisotopic (exact) mass is 1110 g/mol. The average Bonchev–Trinajstić information content (AvgIpc) is 3.45. The first-order valence-corrected chi connectivity index (χ1v) is 35.5. The van der Waals surface area contributed by atoms with E-state index in [0.717, 1.165) is 70.6 Å². The van der Waals surface area contributed by atoms with Crippen molar-refractivity contribution in [3.8, 4) is 0 Å². The fourth-order valence-corrected chi connectivity index (χ4v) is 10.8. The normalized spacial score (nSPS) is 12.2. The first kappa shape index (κ1) is 76.6. The fraction of sp³-hybridized carbons (Fsp3) is 0.877. The molecule has 0 aliphatic rings. The summed E-state index contributed by atoms with van der Waals surface area (Å²) in [6.07, 6.45) is 84.8. The number of rotatable bonds is 66. The molecule has 0 heterocycles. The van der Waals surface area contributed by atoms with Gasteiger partial charge in [-0.1, -0.05) is 353 Å². The number of hydrogen-bond acceptors (Lipinski definition) is 6. The Balaban J connectivity index is 4.11. The highest BCUT2D eigenvalue weighted by Gasteiger charge is 2.19. The Morgan fingerprint density at radius 1 is 0.253 bits per heavy atom. The van der Waals surface area contributed by atoms with Gasteiger partial charge in [0.15, 0.2) is 6.10 Å². The molecule has 0 aliphatic heterocycles. The van der Waals surface area contributed by atoms with Gasteiger partial charge in [0.1, 0.15) is 13.2 Å². The third-order valence-corrected chi connectivity index (χ3v) is 16.1. The summed E-state index contributed by atoms with van der Waals surface area (Å²) < 4.78 is 16.9. The Bertz CT molecular complexity index is 1320. The van der Waals surface area contributed by atoms with Crippen molar-refractivity contribution in [2.75, 3.05) is 13.2 Å². The molecule has 0 aromatic carbocycles. The second kappa shape index (κ2) is 68.1.